The van der Waals surface area contributed by atoms with Gasteiger partial charge >= 0.3 is 5.97 Å². The Kier molecular flexibility index (Phi) is 20.1. The van der Waals surface area contributed by atoms with Crippen LogP contribution in [0.5, 0.6) is 11.5 Å². The number of hydrogen-bond acceptors (Lipinski definition) is 14. The van der Waals surface area contributed by atoms with Crippen LogP contribution in [0.1, 0.15) is 37.8 Å². The SMILES string of the molecule is C[C@H](NC(=O)[C@@H](N)CO)C(=O)N[C@@H](CO)C(=O)N[C@@H](Cc1ccc(O)cc1)C(=O)N[C@@H](CCCN=C(N)N)C(=O)N[C@@H](Cc1ccc(O)cc1)C(=O)N[C@H](C(=O)O)[C@@H](C)O. The fourth-order valence-corrected chi connectivity index (χ4v) is 5.35. The van der Waals surface area contributed by atoms with E-state index < -0.39 is 103 Å². The number of benzene rings is 2. The third-order valence-corrected chi connectivity index (χ3v) is 8.74. The van der Waals surface area contributed by atoms with Crippen LogP contribution in [-0.4, -0.2) is 146 Å². The molecule has 18 N–H and O–H groups in total. The lowest BCUT2D eigenvalue weighted by Crippen LogP contribution is -2.61. The Morgan fingerprint density at radius 1 is 0.617 bits per heavy atom. The second-order valence-corrected chi connectivity index (χ2v) is 13.7. The zero-order valence-electron chi connectivity index (χ0n) is 32.9. The summed E-state index contributed by atoms with van der Waals surface area (Å²) in [4.78, 5) is 95.5. The highest BCUT2D eigenvalue weighted by Crippen LogP contribution is 2.14. The van der Waals surface area contributed by atoms with E-state index in [1.165, 1.54) is 55.5 Å². The van der Waals surface area contributed by atoms with Crippen LogP contribution >= 0.6 is 0 Å². The number of aliphatic hydroxyl groups excluding tert-OH is 3. The highest BCUT2D eigenvalue weighted by molar-refractivity contribution is 5.97. The molecule has 23 heteroatoms. The minimum atomic E-state index is -1.77. The van der Waals surface area contributed by atoms with Crippen molar-refractivity contribution in [2.24, 2.45) is 22.2 Å². The first-order chi connectivity index (χ1) is 28.2. The molecular weight excluding hydrogens is 792 g/mol. The molecule has 2 aromatic carbocycles. The molecule has 0 aliphatic heterocycles. The molecule has 2 aromatic rings. The summed E-state index contributed by atoms with van der Waals surface area (Å²) in [5.74, 6) is -7.86. The van der Waals surface area contributed by atoms with Gasteiger partial charge in [-0.1, -0.05) is 24.3 Å². The Morgan fingerprint density at radius 2 is 1.05 bits per heavy atom. The lowest BCUT2D eigenvalue weighted by Gasteiger charge is -2.27. The molecule has 6 amide bonds. The third kappa shape index (κ3) is 16.7. The molecule has 0 saturated carbocycles. The largest absolute Gasteiger partial charge is 0.508 e. The number of nitrogens with one attached hydrogen (secondary N) is 6. The number of hydrogen-bond donors (Lipinski definition) is 15. The fourth-order valence-electron chi connectivity index (χ4n) is 5.35. The molecule has 330 valence electrons. The normalized spacial score (nSPS) is 14.9. The number of aliphatic carboxylic acids is 1. The molecule has 0 heterocycles. The quantitative estimate of drug-likeness (QED) is 0.0266. The van der Waals surface area contributed by atoms with Gasteiger partial charge < -0.3 is 79.7 Å². The molecule has 0 unspecified atom stereocenters. The minimum absolute atomic E-state index is 0.00947. The summed E-state index contributed by atoms with van der Waals surface area (Å²) in [5, 5.41) is 72.4. The van der Waals surface area contributed by atoms with E-state index in [2.05, 4.69) is 36.9 Å². The molecule has 8 atom stereocenters. The van der Waals surface area contributed by atoms with Crippen molar-refractivity contribution in [3.63, 3.8) is 0 Å². The summed E-state index contributed by atoms with van der Waals surface area (Å²) >= 11 is 0. The average Bonchev–Trinajstić information content (AvgIpc) is 3.19. The van der Waals surface area contributed by atoms with Crippen molar-refractivity contribution in [2.75, 3.05) is 19.8 Å². The van der Waals surface area contributed by atoms with Gasteiger partial charge in [-0.2, -0.15) is 0 Å². The Morgan fingerprint density at radius 3 is 1.48 bits per heavy atom. The van der Waals surface area contributed by atoms with Crippen LogP contribution in [0.4, 0.5) is 0 Å². The van der Waals surface area contributed by atoms with Gasteiger partial charge in [-0.05, 0) is 62.1 Å². The number of aliphatic imine (C=N–C) groups is 1. The molecule has 0 aromatic heterocycles. The Labute approximate surface area is 344 Å². The predicted molar refractivity (Wildman–Crippen MR) is 212 cm³/mol. The van der Waals surface area contributed by atoms with Crippen molar-refractivity contribution < 1.29 is 64.2 Å². The molecule has 0 aliphatic carbocycles. The minimum Gasteiger partial charge on any atom is -0.508 e. The van der Waals surface area contributed by atoms with Crippen molar-refractivity contribution in [2.45, 2.75) is 87.9 Å². The first-order valence-corrected chi connectivity index (χ1v) is 18.6. The summed E-state index contributed by atoms with van der Waals surface area (Å²) in [5.41, 5.74) is 17.1. The highest BCUT2D eigenvalue weighted by Gasteiger charge is 2.34. The number of amides is 6. The van der Waals surface area contributed by atoms with Crippen molar-refractivity contribution in [1.29, 1.82) is 0 Å². The number of aromatic hydroxyl groups is 2. The number of carbonyl (C=O) groups excluding carboxylic acids is 6. The topological polar surface area (TPSA) is 403 Å². The molecule has 0 radical (unpaired) electrons. The number of carboxylic acid groups (broad SMARTS) is 1. The summed E-state index contributed by atoms with van der Waals surface area (Å²) in [6.45, 7) is 0.693. The van der Waals surface area contributed by atoms with Crippen molar-refractivity contribution >= 4 is 47.4 Å². The zero-order valence-corrected chi connectivity index (χ0v) is 32.9. The van der Waals surface area contributed by atoms with E-state index in [9.17, 15) is 59.1 Å². The van der Waals surface area contributed by atoms with E-state index in [1.54, 1.807) is 0 Å². The molecule has 2 rings (SSSR count). The average molecular weight is 847 g/mol. The third-order valence-electron chi connectivity index (χ3n) is 8.74. The number of carbonyl (C=O) groups is 7. The van der Waals surface area contributed by atoms with Crippen LogP contribution in [0.25, 0.3) is 0 Å². The highest BCUT2D eigenvalue weighted by atomic mass is 16.4. The van der Waals surface area contributed by atoms with Crippen LogP contribution in [0.15, 0.2) is 53.5 Å². The maximum Gasteiger partial charge on any atom is 0.328 e. The van der Waals surface area contributed by atoms with E-state index in [4.69, 9.17) is 22.3 Å². The van der Waals surface area contributed by atoms with Gasteiger partial charge in [0.05, 0.1) is 19.3 Å². The lowest BCUT2D eigenvalue weighted by atomic mass is 10.0. The number of nitrogens with two attached hydrogens (primary N) is 3. The molecule has 0 bridgehead atoms. The van der Waals surface area contributed by atoms with Gasteiger partial charge in [-0.15, -0.1) is 0 Å². The number of rotatable bonds is 24. The first kappa shape index (κ1) is 49.6. The van der Waals surface area contributed by atoms with Crippen LogP contribution in [0, 0.1) is 0 Å². The van der Waals surface area contributed by atoms with Gasteiger partial charge in [0.15, 0.2) is 12.0 Å². The smallest absolute Gasteiger partial charge is 0.328 e. The van der Waals surface area contributed by atoms with Gasteiger partial charge in [0.1, 0.15) is 47.8 Å². The van der Waals surface area contributed by atoms with Gasteiger partial charge in [-0.25, -0.2) is 4.79 Å². The second-order valence-electron chi connectivity index (χ2n) is 13.7. The summed E-state index contributed by atoms with van der Waals surface area (Å²) in [7, 11) is 0. The summed E-state index contributed by atoms with van der Waals surface area (Å²) in [6.07, 6.45) is -2.13. The molecule has 0 aliphatic rings. The van der Waals surface area contributed by atoms with Gasteiger partial charge in [0.2, 0.25) is 35.4 Å². The van der Waals surface area contributed by atoms with E-state index in [-0.39, 0.29) is 49.7 Å². The standard InChI is InChI=1S/C37H54N10O13/c1-18(42-31(54)24(38)16-48)30(53)46-28(17-49)35(58)45-26(14-20-5-9-22(51)10-6-20)33(56)43-25(4-3-13-41-37(39)40)32(55)44-27(15-21-7-11-23(52)12-8-21)34(57)47-29(19(2)50)36(59)60/h5-12,18-19,24-29,48-52H,3-4,13-17,38H2,1-2H3,(H,42,54)(H,43,56)(H,44,55)(H,45,58)(H,46,53)(H,47,57)(H,59,60)(H4,39,40,41)/t18-,19+,24-,25-,26-,27-,28-,29-/m0/s1. The Hall–Kier alpha value is -6.56. The number of carboxylic acids is 1. The number of aliphatic hydroxyl groups is 3. The maximum atomic E-state index is 14.1. The van der Waals surface area contributed by atoms with Gasteiger partial charge in [0, 0.05) is 19.4 Å². The van der Waals surface area contributed by atoms with E-state index in [0.717, 1.165) is 6.92 Å². The van der Waals surface area contributed by atoms with E-state index >= 15 is 0 Å². The van der Waals surface area contributed by atoms with Crippen molar-refractivity contribution in [3.8, 4) is 11.5 Å². The van der Waals surface area contributed by atoms with E-state index in [0.29, 0.717) is 11.1 Å². The molecule has 0 spiro atoms. The first-order valence-electron chi connectivity index (χ1n) is 18.6. The Bertz CT molecular complexity index is 1810. The van der Waals surface area contributed by atoms with Crippen LogP contribution < -0.4 is 49.1 Å². The number of nitrogens with zero attached hydrogens (tertiary/aromatic N) is 1. The number of phenolic OH excluding ortho intramolecular Hbond substituents is 2. The van der Waals surface area contributed by atoms with Gasteiger partial charge in [-0.3, -0.25) is 33.8 Å². The van der Waals surface area contributed by atoms with Crippen LogP contribution in [0.2, 0.25) is 0 Å². The van der Waals surface area contributed by atoms with Crippen molar-refractivity contribution in [3.05, 3.63) is 59.7 Å². The molecule has 60 heavy (non-hydrogen) atoms. The summed E-state index contributed by atoms with van der Waals surface area (Å²) < 4.78 is 0. The number of phenols is 2. The number of guanidine groups is 1. The second kappa shape index (κ2) is 24.4. The van der Waals surface area contributed by atoms with Crippen LogP contribution in [-0.2, 0) is 46.4 Å². The maximum absolute atomic E-state index is 14.1. The van der Waals surface area contributed by atoms with Crippen LogP contribution in [0.3, 0.4) is 0 Å². The molecular formula is C37H54N10O13. The molecule has 0 fully saturated rings. The molecule has 23 nitrogen and oxygen atoms in total. The van der Waals surface area contributed by atoms with Gasteiger partial charge in [0.25, 0.3) is 0 Å². The summed E-state index contributed by atoms with van der Waals surface area (Å²) in [6, 6.07) is 0.462. The Balaban J connectivity index is 2.45. The monoisotopic (exact) mass is 846 g/mol. The fraction of sp³-hybridized carbons (Fsp3) is 0.459. The molecule has 0 saturated heterocycles. The van der Waals surface area contributed by atoms with E-state index in [1.807, 2.05) is 0 Å². The predicted octanol–water partition coefficient (Wildman–Crippen LogP) is -5.36. The van der Waals surface area contributed by atoms with Crippen molar-refractivity contribution in [1.82, 2.24) is 31.9 Å². The lowest BCUT2D eigenvalue weighted by molar-refractivity contribution is -0.145. The zero-order chi connectivity index (χ0) is 45.1.